The van der Waals surface area contributed by atoms with Crippen molar-refractivity contribution in [3.05, 3.63) is 71.3 Å². The van der Waals surface area contributed by atoms with Crippen LogP contribution in [0.3, 0.4) is 0 Å². The molecule has 0 aliphatic carbocycles. The molecule has 0 unspecified atom stereocenters. The number of hydrogen-bond acceptors (Lipinski definition) is 5. The minimum atomic E-state index is -1.09. The number of carbonyl (C=O) groups is 3. The molecule has 26 heavy (non-hydrogen) atoms. The average Bonchev–Trinajstić information content (AvgIpc) is 2.66. The Labute approximate surface area is 151 Å². The first kappa shape index (κ1) is 21.0. The number of carboxylic acids is 2. The molecule has 1 atom stereocenters. The van der Waals surface area contributed by atoms with Gasteiger partial charge in [0.1, 0.15) is 6.04 Å². The molecule has 0 fully saturated rings. The minimum absolute atomic E-state index is 0.0290. The first-order valence-corrected chi connectivity index (χ1v) is 7.99. The molecule has 0 amide bonds. The maximum atomic E-state index is 12.1. The number of benzene rings is 2. The second kappa shape index (κ2) is 10.8. The monoisotopic (exact) mass is 358 g/mol. The SMILES string of the molecule is NCCC[C@H](N)C(=O)O.O=C(O)c1ccccc1C(=O)c1ccccc1. The van der Waals surface area contributed by atoms with Crippen LogP contribution in [0.1, 0.15) is 39.1 Å². The lowest BCUT2D eigenvalue weighted by molar-refractivity contribution is -0.138. The molecule has 0 bridgehead atoms. The van der Waals surface area contributed by atoms with E-state index in [1.807, 2.05) is 0 Å². The molecule has 0 saturated heterocycles. The molecule has 0 aromatic heterocycles. The van der Waals surface area contributed by atoms with Gasteiger partial charge in [0.25, 0.3) is 0 Å². The highest BCUT2D eigenvalue weighted by Gasteiger charge is 2.16. The highest BCUT2D eigenvalue weighted by Crippen LogP contribution is 2.14. The van der Waals surface area contributed by atoms with Crippen LogP contribution in [-0.2, 0) is 4.79 Å². The molecule has 2 aromatic rings. The van der Waals surface area contributed by atoms with Gasteiger partial charge >= 0.3 is 11.9 Å². The summed E-state index contributed by atoms with van der Waals surface area (Å²) in [5.74, 6) is -2.32. The summed E-state index contributed by atoms with van der Waals surface area (Å²) in [6.45, 7) is 0.501. The van der Waals surface area contributed by atoms with E-state index >= 15 is 0 Å². The highest BCUT2D eigenvalue weighted by atomic mass is 16.4. The molecule has 138 valence electrons. The van der Waals surface area contributed by atoms with E-state index in [1.54, 1.807) is 42.5 Å². The van der Waals surface area contributed by atoms with Crippen molar-refractivity contribution >= 4 is 17.7 Å². The minimum Gasteiger partial charge on any atom is -0.480 e. The Hall–Kier alpha value is -3.03. The summed E-state index contributed by atoms with van der Waals surface area (Å²) >= 11 is 0. The molecule has 0 aliphatic rings. The molecule has 2 aromatic carbocycles. The number of hydrogen-bond donors (Lipinski definition) is 4. The summed E-state index contributed by atoms with van der Waals surface area (Å²) in [6.07, 6.45) is 1.14. The standard InChI is InChI=1S/C14H10O3.C5H12N2O2/c15-13(10-6-2-1-3-7-10)11-8-4-5-9-12(11)14(16)17;6-3-1-2-4(7)5(8)9/h1-9H,(H,16,17);4H,1-3,6-7H2,(H,8,9)/t;4-/m.0/s1. The van der Waals surface area contributed by atoms with Gasteiger partial charge < -0.3 is 21.7 Å². The largest absolute Gasteiger partial charge is 0.480 e. The van der Waals surface area contributed by atoms with Crippen molar-refractivity contribution in [3.8, 4) is 0 Å². The van der Waals surface area contributed by atoms with Gasteiger partial charge in [0, 0.05) is 11.1 Å². The van der Waals surface area contributed by atoms with Crippen LogP contribution in [0.25, 0.3) is 0 Å². The van der Waals surface area contributed by atoms with Gasteiger partial charge in [-0.3, -0.25) is 9.59 Å². The van der Waals surface area contributed by atoms with Crippen molar-refractivity contribution in [3.63, 3.8) is 0 Å². The molecule has 0 saturated carbocycles. The van der Waals surface area contributed by atoms with Crippen LogP contribution in [0.4, 0.5) is 0 Å². The fraction of sp³-hybridized carbons (Fsp3) is 0.211. The number of ketones is 1. The Morgan fingerprint density at radius 2 is 1.42 bits per heavy atom. The normalized spacial score (nSPS) is 11.0. The fourth-order valence-electron chi connectivity index (χ4n) is 2.07. The fourth-order valence-corrected chi connectivity index (χ4v) is 2.07. The van der Waals surface area contributed by atoms with Crippen molar-refractivity contribution < 1.29 is 24.6 Å². The Morgan fingerprint density at radius 1 is 0.885 bits per heavy atom. The number of aromatic carboxylic acids is 1. The summed E-state index contributed by atoms with van der Waals surface area (Å²) in [6, 6.07) is 14.1. The van der Waals surface area contributed by atoms with Crippen LogP contribution in [-0.4, -0.2) is 40.5 Å². The molecule has 7 heteroatoms. The van der Waals surface area contributed by atoms with E-state index in [-0.39, 0.29) is 16.9 Å². The average molecular weight is 358 g/mol. The summed E-state index contributed by atoms with van der Waals surface area (Å²) in [5, 5.41) is 17.3. The van der Waals surface area contributed by atoms with Crippen molar-refractivity contribution in [2.75, 3.05) is 6.54 Å². The summed E-state index contributed by atoms with van der Waals surface area (Å²) in [7, 11) is 0. The van der Waals surface area contributed by atoms with Crippen LogP contribution in [0.5, 0.6) is 0 Å². The zero-order valence-corrected chi connectivity index (χ0v) is 14.2. The Kier molecular flexibility index (Phi) is 8.69. The first-order chi connectivity index (χ1) is 12.4. The Bertz CT molecular complexity index is 747. The number of carbonyl (C=O) groups excluding carboxylic acids is 1. The predicted octanol–water partition coefficient (Wildman–Crippen LogP) is 1.75. The topological polar surface area (TPSA) is 144 Å². The Morgan fingerprint density at radius 3 is 1.92 bits per heavy atom. The first-order valence-electron chi connectivity index (χ1n) is 7.99. The van der Waals surface area contributed by atoms with Gasteiger partial charge in [0.05, 0.1) is 5.56 Å². The molecule has 0 spiro atoms. The van der Waals surface area contributed by atoms with E-state index in [2.05, 4.69) is 0 Å². The van der Waals surface area contributed by atoms with Crippen LogP contribution in [0, 0.1) is 0 Å². The van der Waals surface area contributed by atoms with Crippen molar-refractivity contribution in [2.24, 2.45) is 11.5 Å². The summed E-state index contributed by atoms with van der Waals surface area (Å²) in [4.78, 5) is 33.2. The zero-order chi connectivity index (χ0) is 19.5. The van der Waals surface area contributed by atoms with Gasteiger partial charge in [-0.1, -0.05) is 48.5 Å². The lowest BCUT2D eigenvalue weighted by Gasteiger charge is -2.04. The zero-order valence-electron chi connectivity index (χ0n) is 14.2. The van der Waals surface area contributed by atoms with E-state index in [4.69, 9.17) is 21.7 Å². The van der Waals surface area contributed by atoms with Crippen molar-refractivity contribution in [1.29, 1.82) is 0 Å². The molecule has 0 aliphatic heterocycles. The van der Waals surface area contributed by atoms with E-state index in [0.29, 0.717) is 24.9 Å². The molecular weight excluding hydrogens is 336 g/mol. The van der Waals surface area contributed by atoms with Gasteiger partial charge in [-0.25, -0.2) is 4.79 Å². The molecule has 2 rings (SSSR count). The maximum absolute atomic E-state index is 12.1. The van der Waals surface area contributed by atoms with E-state index in [0.717, 1.165) is 0 Å². The smallest absolute Gasteiger partial charge is 0.336 e. The van der Waals surface area contributed by atoms with Gasteiger partial charge in [0.2, 0.25) is 0 Å². The van der Waals surface area contributed by atoms with Crippen LogP contribution in [0.2, 0.25) is 0 Å². The van der Waals surface area contributed by atoms with E-state index in [1.165, 1.54) is 12.1 Å². The lowest BCUT2D eigenvalue weighted by atomic mass is 9.98. The second-order valence-electron chi connectivity index (χ2n) is 5.42. The van der Waals surface area contributed by atoms with E-state index < -0.39 is 18.0 Å². The summed E-state index contributed by atoms with van der Waals surface area (Å²) in [5.41, 5.74) is 11.0. The third-order valence-electron chi connectivity index (χ3n) is 3.47. The number of carboxylic acid groups (broad SMARTS) is 2. The van der Waals surface area contributed by atoms with Gasteiger partial charge in [-0.05, 0) is 25.5 Å². The van der Waals surface area contributed by atoms with Crippen LogP contribution in [0.15, 0.2) is 54.6 Å². The molecule has 0 heterocycles. The number of aliphatic carboxylic acids is 1. The number of rotatable bonds is 7. The van der Waals surface area contributed by atoms with Crippen molar-refractivity contribution in [1.82, 2.24) is 0 Å². The highest BCUT2D eigenvalue weighted by molar-refractivity contribution is 6.14. The maximum Gasteiger partial charge on any atom is 0.336 e. The van der Waals surface area contributed by atoms with Gasteiger partial charge in [-0.15, -0.1) is 0 Å². The Balaban J connectivity index is 0.000000321. The van der Waals surface area contributed by atoms with Gasteiger partial charge in [-0.2, -0.15) is 0 Å². The van der Waals surface area contributed by atoms with Crippen molar-refractivity contribution in [2.45, 2.75) is 18.9 Å². The molecule has 0 radical (unpaired) electrons. The van der Waals surface area contributed by atoms with Gasteiger partial charge in [0.15, 0.2) is 5.78 Å². The molecule has 6 N–H and O–H groups in total. The third-order valence-corrected chi connectivity index (χ3v) is 3.47. The molecular formula is C19H22N2O5. The predicted molar refractivity (Wildman–Crippen MR) is 97.2 cm³/mol. The number of nitrogens with two attached hydrogens (primary N) is 2. The third kappa shape index (κ3) is 6.46. The lowest BCUT2D eigenvalue weighted by Crippen LogP contribution is -2.30. The second-order valence-corrected chi connectivity index (χ2v) is 5.42. The molecule has 7 nitrogen and oxygen atoms in total. The van der Waals surface area contributed by atoms with E-state index in [9.17, 15) is 14.4 Å². The quantitative estimate of drug-likeness (QED) is 0.552. The van der Waals surface area contributed by atoms with Crippen LogP contribution < -0.4 is 11.5 Å². The van der Waals surface area contributed by atoms with Crippen LogP contribution >= 0.6 is 0 Å². The summed E-state index contributed by atoms with van der Waals surface area (Å²) < 4.78 is 0.